The zero-order valence-corrected chi connectivity index (χ0v) is 27.2. The monoisotopic (exact) mass is 653 g/mol. The number of para-hydroxylation sites is 4. The number of rotatable bonds is 5. The van der Waals surface area contributed by atoms with Crippen LogP contribution >= 0.6 is 0 Å². The third-order valence-corrected chi connectivity index (χ3v) is 10.0. The minimum Gasteiger partial charge on any atom is -0.436 e. The fraction of sp³-hybridized carbons (Fsp3) is 0.0217. The van der Waals surface area contributed by atoms with Gasteiger partial charge in [-0.05, 0) is 105 Å². The van der Waals surface area contributed by atoms with Gasteiger partial charge in [-0.2, -0.15) is 5.26 Å². The van der Waals surface area contributed by atoms with Crippen molar-refractivity contribution in [3.05, 3.63) is 192 Å². The minimum absolute atomic E-state index is 0.524. The van der Waals surface area contributed by atoms with E-state index in [-0.39, 0.29) is 0 Å². The predicted molar refractivity (Wildman–Crippen MR) is 200 cm³/mol. The van der Waals surface area contributed by atoms with E-state index < -0.39 is 5.41 Å². The quantitative estimate of drug-likeness (QED) is 0.185. The van der Waals surface area contributed by atoms with Gasteiger partial charge in [0, 0.05) is 11.1 Å². The van der Waals surface area contributed by atoms with Crippen LogP contribution in [0.1, 0.15) is 27.8 Å². The van der Waals surface area contributed by atoms with Crippen LogP contribution in [0.4, 0.5) is 0 Å². The van der Waals surface area contributed by atoms with Crippen molar-refractivity contribution in [2.24, 2.45) is 0 Å². The van der Waals surface area contributed by atoms with Crippen molar-refractivity contribution in [2.45, 2.75) is 5.41 Å². The summed E-state index contributed by atoms with van der Waals surface area (Å²) in [5.41, 5.74) is 13.4. The first kappa shape index (κ1) is 28.9. The number of aromatic nitrogens is 2. The molecule has 5 heteroatoms. The van der Waals surface area contributed by atoms with Crippen molar-refractivity contribution in [2.75, 3.05) is 0 Å². The maximum absolute atomic E-state index is 10.0. The number of hydrogen-bond donors (Lipinski definition) is 0. The van der Waals surface area contributed by atoms with E-state index in [9.17, 15) is 5.26 Å². The molecule has 0 unspecified atom stereocenters. The van der Waals surface area contributed by atoms with Gasteiger partial charge in [-0.25, -0.2) is 9.97 Å². The second-order valence-corrected chi connectivity index (χ2v) is 12.9. The van der Waals surface area contributed by atoms with Gasteiger partial charge in [-0.15, -0.1) is 0 Å². The molecular formula is C46H27N3O2. The van der Waals surface area contributed by atoms with Crippen LogP contribution < -0.4 is 0 Å². The summed E-state index contributed by atoms with van der Waals surface area (Å²) in [4.78, 5) is 9.71. The summed E-state index contributed by atoms with van der Waals surface area (Å²) in [5.74, 6) is 1.05. The molecule has 0 saturated heterocycles. The molecule has 1 aliphatic carbocycles. The van der Waals surface area contributed by atoms with E-state index in [1.54, 1.807) is 0 Å². The number of hydrogen-bond acceptors (Lipinski definition) is 5. The van der Waals surface area contributed by atoms with Gasteiger partial charge < -0.3 is 8.83 Å². The van der Waals surface area contributed by atoms with Gasteiger partial charge in [0.15, 0.2) is 11.2 Å². The van der Waals surface area contributed by atoms with Crippen LogP contribution in [0.2, 0.25) is 0 Å². The molecule has 2 aromatic heterocycles. The maximum Gasteiger partial charge on any atom is 0.227 e. The van der Waals surface area contributed by atoms with Crippen molar-refractivity contribution in [3.8, 4) is 51.2 Å². The van der Waals surface area contributed by atoms with E-state index in [1.807, 2.05) is 72.8 Å². The summed E-state index contributed by atoms with van der Waals surface area (Å²) in [7, 11) is 0. The number of benzene rings is 7. The number of fused-ring (bicyclic) bond motifs is 5. The standard InChI is InChI=1S/C46H27N3O2/c47-28-29-19-21-36-37-22-20-30(27-39(37)46(38(36)23-29,34-11-3-1-4-12-34)35-13-5-2-6-14-35)31-24-32(44-48-40-15-7-9-17-42(40)50-44)26-33(25-31)45-49-41-16-8-10-18-43(41)51-45/h1-27H. The molecule has 0 aliphatic heterocycles. The Morgan fingerprint density at radius 2 is 0.941 bits per heavy atom. The van der Waals surface area contributed by atoms with E-state index in [0.29, 0.717) is 17.3 Å². The topological polar surface area (TPSA) is 75.8 Å². The van der Waals surface area contributed by atoms with Crippen molar-refractivity contribution in [3.63, 3.8) is 0 Å². The van der Waals surface area contributed by atoms with Crippen LogP contribution in [0, 0.1) is 11.3 Å². The van der Waals surface area contributed by atoms with Crippen molar-refractivity contribution in [1.29, 1.82) is 5.26 Å². The van der Waals surface area contributed by atoms with E-state index in [4.69, 9.17) is 18.8 Å². The maximum atomic E-state index is 10.0. The highest BCUT2D eigenvalue weighted by molar-refractivity contribution is 5.90. The van der Waals surface area contributed by atoms with Crippen LogP contribution in [0.25, 0.3) is 67.4 Å². The van der Waals surface area contributed by atoms with Crippen LogP contribution in [-0.2, 0) is 5.41 Å². The zero-order valence-electron chi connectivity index (χ0n) is 27.2. The Hall–Kier alpha value is -7.03. The highest BCUT2D eigenvalue weighted by atomic mass is 16.4. The second-order valence-electron chi connectivity index (χ2n) is 12.9. The molecule has 51 heavy (non-hydrogen) atoms. The molecule has 0 fully saturated rings. The number of oxazole rings is 2. The van der Waals surface area contributed by atoms with E-state index in [1.165, 1.54) is 0 Å². The highest BCUT2D eigenvalue weighted by Gasteiger charge is 2.46. The van der Waals surface area contributed by atoms with E-state index >= 15 is 0 Å². The van der Waals surface area contributed by atoms with E-state index in [2.05, 4.69) is 97.1 Å². The SMILES string of the molecule is N#Cc1ccc2c(c1)C(c1ccccc1)(c1ccccc1)c1cc(-c3cc(-c4nc5ccccc5o4)cc(-c4nc5ccccc5o4)c3)ccc1-2. The Kier molecular flexibility index (Phi) is 6.39. The van der Waals surface area contributed by atoms with Crippen molar-refractivity contribution < 1.29 is 8.83 Å². The van der Waals surface area contributed by atoms with Gasteiger partial charge in [-0.1, -0.05) is 103 Å². The first-order valence-corrected chi connectivity index (χ1v) is 16.9. The molecule has 0 bridgehead atoms. The van der Waals surface area contributed by atoms with Gasteiger partial charge in [0.1, 0.15) is 11.0 Å². The lowest BCUT2D eigenvalue weighted by Crippen LogP contribution is -2.28. The second kappa shape index (κ2) is 11.3. The Morgan fingerprint density at radius 1 is 0.451 bits per heavy atom. The van der Waals surface area contributed by atoms with Crippen LogP contribution in [0.15, 0.2) is 173 Å². The van der Waals surface area contributed by atoms with Gasteiger partial charge in [0.2, 0.25) is 11.8 Å². The molecule has 5 nitrogen and oxygen atoms in total. The summed E-state index contributed by atoms with van der Waals surface area (Å²) in [6.45, 7) is 0. The lowest BCUT2D eigenvalue weighted by molar-refractivity contribution is 0.617. The molecule has 0 atom stereocenters. The third kappa shape index (κ3) is 4.47. The van der Waals surface area contributed by atoms with Gasteiger partial charge in [-0.3, -0.25) is 0 Å². The molecule has 0 spiro atoms. The largest absolute Gasteiger partial charge is 0.436 e. The molecule has 9 aromatic rings. The highest BCUT2D eigenvalue weighted by Crippen LogP contribution is 2.57. The average Bonchev–Trinajstić information content (AvgIpc) is 3.91. The molecule has 10 rings (SSSR count). The summed E-state index contributed by atoms with van der Waals surface area (Å²) in [6.07, 6.45) is 0. The average molecular weight is 654 g/mol. The first-order chi connectivity index (χ1) is 25.2. The summed E-state index contributed by atoms with van der Waals surface area (Å²) < 4.78 is 12.6. The van der Waals surface area contributed by atoms with Crippen LogP contribution in [0.5, 0.6) is 0 Å². The molecule has 0 amide bonds. The molecule has 0 radical (unpaired) electrons. The Balaban J connectivity index is 1.24. The van der Waals surface area contributed by atoms with Crippen molar-refractivity contribution >= 4 is 22.2 Å². The van der Waals surface area contributed by atoms with Gasteiger partial charge >= 0.3 is 0 Å². The molecule has 2 heterocycles. The Labute approximate surface area is 293 Å². The summed E-state index contributed by atoms with van der Waals surface area (Å²) >= 11 is 0. The first-order valence-electron chi connectivity index (χ1n) is 16.9. The fourth-order valence-electron chi connectivity index (χ4n) is 7.77. The zero-order chi connectivity index (χ0) is 33.9. The molecule has 1 aliphatic rings. The number of nitriles is 1. The normalized spacial score (nSPS) is 12.8. The minimum atomic E-state index is -0.656. The smallest absolute Gasteiger partial charge is 0.227 e. The summed E-state index contributed by atoms with van der Waals surface area (Å²) in [5, 5.41) is 10.0. The Morgan fingerprint density at radius 3 is 1.49 bits per heavy atom. The van der Waals surface area contributed by atoms with Crippen LogP contribution in [0.3, 0.4) is 0 Å². The fourth-order valence-corrected chi connectivity index (χ4v) is 7.77. The predicted octanol–water partition coefficient (Wildman–Crippen LogP) is 11.2. The number of nitrogens with zero attached hydrogens (tertiary/aromatic N) is 3. The molecular weight excluding hydrogens is 627 g/mol. The van der Waals surface area contributed by atoms with Crippen molar-refractivity contribution in [1.82, 2.24) is 9.97 Å². The Bertz CT molecular complexity index is 2630. The van der Waals surface area contributed by atoms with Gasteiger partial charge in [0.25, 0.3) is 0 Å². The van der Waals surface area contributed by atoms with Gasteiger partial charge in [0.05, 0.1) is 17.0 Å². The molecule has 238 valence electrons. The lowest BCUT2D eigenvalue weighted by Gasteiger charge is -2.34. The molecule has 0 N–H and O–H groups in total. The lowest BCUT2D eigenvalue weighted by atomic mass is 9.67. The summed E-state index contributed by atoms with van der Waals surface area (Å²) in [6, 6.07) is 58.3. The van der Waals surface area contributed by atoms with E-state index in [0.717, 1.165) is 77.8 Å². The third-order valence-electron chi connectivity index (χ3n) is 10.0. The molecule has 7 aromatic carbocycles. The molecule has 0 saturated carbocycles. The van der Waals surface area contributed by atoms with Crippen LogP contribution in [-0.4, -0.2) is 9.97 Å².